The van der Waals surface area contributed by atoms with Crippen molar-refractivity contribution in [3.8, 4) is 0 Å². The van der Waals surface area contributed by atoms with Gasteiger partial charge in [-0.05, 0) is 69.1 Å². The summed E-state index contributed by atoms with van der Waals surface area (Å²) in [7, 11) is 0. The number of imidazole rings is 1. The Kier molecular flexibility index (Phi) is 5.38. The summed E-state index contributed by atoms with van der Waals surface area (Å²) in [5.74, 6) is 3.02. The maximum Gasteiger partial charge on any atom is 0.230 e. The van der Waals surface area contributed by atoms with E-state index in [1.165, 1.54) is 24.7 Å². The van der Waals surface area contributed by atoms with Crippen molar-refractivity contribution in [2.45, 2.75) is 57.4 Å². The van der Waals surface area contributed by atoms with Gasteiger partial charge in [-0.15, -0.1) is 0 Å². The number of amides is 2. The summed E-state index contributed by atoms with van der Waals surface area (Å²) in [4.78, 5) is 50.2. The van der Waals surface area contributed by atoms with E-state index in [1.807, 2.05) is 31.0 Å². The van der Waals surface area contributed by atoms with Gasteiger partial charge in [0.25, 0.3) is 0 Å². The largest absolute Gasteiger partial charge is 0.362 e. The Balaban J connectivity index is 0.987. The van der Waals surface area contributed by atoms with E-state index < -0.39 is 0 Å². The zero-order valence-electron chi connectivity index (χ0n) is 23.0. The van der Waals surface area contributed by atoms with Gasteiger partial charge in [-0.1, -0.05) is 0 Å². The highest BCUT2D eigenvalue weighted by Crippen LogP contribution is 2.49. The van der Waals surface area contributed by atoms with E-state index in [0.717, 1.165) is 47.9 Å². The van der Waals surface area contributed by atoms with E-state index in [-0.39, 0.29) is 35.6 Å². The SMILES string of the molecule is Cc1ccnc([C@H]2C[C@@H]2C(=O)Nc2cc(N[C@H](C)c3cn4cc(C5CC5)cc(N5C[C@H]6C[C@H]6C5=O)c4n3)ncn2)n1. The number of carbonyl (C=O) groups is 2. The topological polar surface area (TPSA) is 130 Å². The number of aryl methyl sites for hydroxylation is 1. The quantitative estimate of drug-likeness (QED) is 0.337. The number of pyridine rings is 1. The third-order valence-corrected chi connectivity index (χ3v) is 8.83. The van der Waals surface area contributed by atoms with Gasteiger partial charge in [-0.2, -0.15) is 0 Å². The van der Waals surface area contributed by atoms with Gasteiger partial charge in [0.1, 0.15) is 23.8 Å². The molecule has 0 unspecified atom stereocenters. The molecule has 1 saturated heterocycles. The zero-order valence-corrected chi connectivity index (χ0v) is 23.0. The van der Waals surface area contributed by atoms with Crippen molar-refractivity contribution in [3.63, 3.8) is 0 Å². The van der Waals surface area contributed by atoms with Crippen molar-refractivity contribution >= 4 is 34.8 Å². The fourth-order valence-electron chi connectivity index (χ4n) is 6.10. The lowest BCUT2D eigenvalue weighted by Gasteiger charge is -2.20. The molecule has 8 rings (SSSR count). The van der Waals surface area contributed by atoms with Crippen LogP contribution in [0.2, 0.25) is 0 Å². The van der Waals surface area contributed by atoms with Crippen LogP contribution in [0.5, 0.6) is 0 Å². The smallest absolute Gasteiger partial charge is 0.230 e. The molecule has 3 aliphatic carbocycles. The van der Waals surface area contributed by atoms with Crippen molar-refractivity contribution in [2.24, 2.45) is 17.8 Å². The van der Waals surface area contributed by atoms with E-state index in [9.17, 15) is 9.59 Å². The van der Waals surface area contributed by atoms with Crippen LogP contribution in [0.4, 0.5) is 17.3 Å². The molecule has 2 N–H and O–H groups in total. The molecular formula is C30H31N9O2. The standard InChI is InChI=1S/C30H31N9O2/c1-15-5-6-31-27(34-15)21-9-22(21)29(40)37-26-10-25(32-14-33-26)35-16(2)23-13-38-11-18(17-3-4-17)8-24(28(38)36-23)39-12-19-7-20(19)30(39)41/h5-6,8,10-11,13-14,16-17,19-22H,3-4,7,9,12H2,1-2H3,(H2,32,33,35,37,40)/t16-,19-,20-,21+,22+/m1/s1. The van der Waals surface area contributed by atoms with Crippen LogP contribution < -0.4 is 15.5 Å². The maximum atomic E-state index is 13.0. The van der Waals surface area contributed by atoms with Gasteiger partial charge in [0, 0.05) is 54.6 Å². The molecule has 0 bridgehead atoms. The molecule has 0 spiro atoms. The fourth-order valence-corrected chi connectivity index (χ4v) is 6.10. The molecule has 4 fully saturated rings. The number of aromatic nitrogens is 6. The number of carbonyl (C=O) groups excluding carboxylic acids is 2. The van der Waals surface area contributed by atoms with E-state index >= 15 is 0 Å². The van der Waals surface area contributed by atoms with E-state index in [2.05, 4.69) is 47.2 Å². The van der Waals surface area contributed by atoms with Gasteiger partial charge in [0.05, 0.1) is 17.4 Å². The Morgan fingerprint density at radius 1 is 1.05 bits per heavy atom. The van der Waals surface area contributed by atoms with Gasteiger partial charge in [-0.25, -0.2) is 24.9 Å². The first-order chi connectivity index (χ1) is 19.9. The third-order valence-electron chi connectivity index (χ3n) is 8.83. The number of hydrogen-bond donors (Lipinski definition) is 2. The minimum atomic E-state index is -0.167. The Bertz CT molecular complexity index is 1710. The molecule has 3 saturated carbocycles. The minimum absolute atomic E-state index is 0.0383. The molecule has 0 radical (unpaired) electrons. The summed E-state index contributed by atoms with van der Waals surface area (Å²) in [6.45, 7) is 4.74. The predicted octanol–water partition coefficient (Wildman–Crippen LogP) is 4.00. The second kappa shape index (κ2) is 9.05. The predicted molar refractivity (Wildman–Crippen MR) is 151 cm³/mol. The highest BCUT2D eigenvalue weighted by atomic mass is 16.2. The molecule has 11 heteroatoms. The van der Waals surface area contributed by atoms with Gasteiger partial charge < -0.3 is 19.9 Å². The molecule has 11 nitrogen and oxygen atoms in total. The van der Waals surface area contributed by atoms with E-state index in [1.54, 1.807) is 12.3 Å². The molecule has 4 aliphatic rings. The summed E-state index contributed by atoms with van der Waals surface area (Å²) < 4.78 is 2.07. The number of anilines is 3. The highest BCUT2D eigenvalue weighted by Gasteiger charge is 2.53. The molecule has 2 amide bonds. The molecule has 41 heavy (non-hydrogen) atoms. The van der Waals surface area contributed by atoms with Crippen molar-refractivity contribution in [3.05, 3.63) is 65.9 Å². The molecule has 208 valence electrons. The maximum absolute atomic E-state index is 13.0. The summed E-state index contributed by atoms with van der Waals surface area (Å²) in [5, 5.41) is 6.32. The first-order valence-electron chi connectivity index (χ1n) is 14.4. The number of piperidine rings is 1. The fraction of sp³-hybridized carbons (Fsp3) is 0.433. The van der Waals surface area contributed by atoms with Crippen LogP contribution >= 0.6 is 0 Å². The second-order valence-corrected chi connectivity index (χ2v) is 12.0. The van der Waals surface area contributed by atoms with Crippen LogP contribution in [0.1, 0.15) is 73.3 Å². The van der Waals surface area contributed by atoms with Crippen LogP contribution in [0.3, 0.4) is 0 Å². The number of fused-ring (bicyclic) bond motifs is 2. The van der Waals surface area contributed by atoms with Crippen molar-refractivity contribution in [1.82, 2.24) is 29.3 Å². The lowest BCUT2D eigenvalue weighted by molar-refractivity contribution is -0.119. The number of nitrogens with one attached hydrogen (secondary N) is 2. The second-order valence-electron chi connectivity index (χ2n) is 12.0. The van der Waals surface area contributed by atoms with Gasteiger partial charge in [0.2, 0.25) is 11.8 Å². The van der Waals surface area contributed by atoms with E-state index in [0.29, 0.717) is 23.5 Å². The molecule has 4 aromatic rings. The highest BCUT2D eigenvalue weighted by molar-refractivity contribution is 6.02. The summed E-state index contributed by atoms with van der Waals surface area (Å²) in [6.07, 6.45) is 11.5. The summed E-state index contributed by atoms with van der Waals surface area (Å²) >= 11 is 0. The molecular weight excluding hydrogens is 518 g/mol. The average molecular weight is 550 g/mol. The third kappa shape index (κ3) is 4.49. The number of nitrogens with zero attached hydrogens (tertiary/aromatic N) is 7. The normalized spacial score (nSPS) is 25.2. The average Bonchev–Trinajstić information content (AvgIpc) is 3.87. The van der Waals surface area contributed by atoms with Gasteiger partial charge in [-0.3, -0.25) is 9.59 Å². The number of hydrogen-bond acceptors (Lipinski definition) is 8. The van der Waals surface area contributed by atoms with Crippen LogP contribution in [-0.4, -0.2) is 47.7 Å². The van der Waals surface area contributed by atoms with Crippen LogP contribution in [0.25, 0.3) is 5.65 Å². The molecule has 1 aliphatic heterocycles. The van der Waals surface area contributed by atoms with Crippen LogP contribution in [0, 0.1) is 24.7 Å². The van der Waals surface area contributed by atoms with Crippen molar-refractivity contribution in [2.75, 3.05) is 22.1 Å². The summed E-state index contributed by atoms with van der Waals surface area (Å²) in [5.41, 5.74) is 4.74. The Morgan fingerprint density at radius 2 is 1.90 bits per heavy atom. The van der Waals surface area contributed by atoms with E-state index in [4.69, 9.17) is 4.98 Å². The first-order valence-corrected chi connectivity index (χ1v) is 14.4. The van der Waals surface area contributed by atoms with Gasteiger partial charge in [0.15, 0.2) is 5.65 Å². The van der Waals surface area contributed by atoms with Crippen LogP contribution in [-0.2, 0) is 9.59 Å². The van der Waals surface area contributed by atoms with Crippen molar-refractivity contribution < 1.29 is 9.59 Å². The molecule has 0 aromatic carbocycles. The first kappa shape index (κ1) is 24.4. The Labute approximate surface area is 236 Å². The Morgan fingerprint density at radius 3 is 2.68 bits per heavy atom. The summed E-state index contributed by atoms with van der Waals surface area (Å²) in [6, 6.07) is 5.60. The molecule has 5 atom stereocenters. The van der Waals surface area contributed by atoms with Gasteiger partial charge >= 0.3 is 0 Å². The number of rotatable bonds is 8. The zero-order chi connectivity index (χ0) is 27.8. The lowest BCUT2D eigenvalue weighted by Crippen LogP contribution is -2.28. The minimum Gasteiger partial charge on any atom is -0.362 e. The van der Waals surface area contributed by atoms with Crippen molar-refractivity contribution in [1.29, 1.82) is 0 Å². The monoisotopic (exact) mass is 549 g/mol. The lowest BCUT2D eigenvalue weighted by atomic mass is 10.1. The van der Waals surface area contributed by atoms with Crippen LogP contribution in [0.15, 0.2) is 43.1 Å². The Hall–Kier alpha value is -4.41. The molecule has 4 aromatic heterocycles. The molecule has 5 heterocycles.